The molecule has 2 heterocycles. The van der Waals surface area contributed by atoms with Crippen molar-refractivity contribution in [3.8, 4) is 0 Å². The molecule has 0 radical (unpaired) electrons. The molecule has 17 heavy (non-hydrogen) atoms. The van der Waals surface area contributed by atoms with Gasteiger partial charge in [0, 0.05) is 22.4 Å². The molecule has 0 aliphatic carbocycles. The van der Waals surface area contributed by atoms with Crippen LogP contribution >= 0.6 is 22.9 Å². The van der Waals surface area contributed by atoms with E-state index in [4.69, 9.17) is 17.3 Å². The maximum atomic E-state index is 6.13. The lowest BCUT2D eigenvalue weighted by Crippen LogP contribution is -2.14. The predicted molar refractivity (Wildman–Crippen MR) is 73.6 cm³/mol. The van der Waals surface area contributed by atoms with Gasteiger partial charge in [0.05, 0.1) is 16.8 Å². The van der Waals surface area contributed by atoms with E-state index in [-0.39, 0.29) is 6.04 Å². The van der Waals surface area contributed by atoms with E-state index in [2.05, 4.69) is 24.0 Å². The van der Waals surface area contributed by atoms with Gasteiger partial charge in [0.15, 0.2) is 0 Å². The van der Waals surface area contributed by atoms with E-state index in [1.807, 2.05) is 23.5 Å². The van der Waals surface area contributed by atoms with E-state index >= 15 is 0 Å². The molecule has 0 bridgehead atoms. The van der Waals surface area contributed by atoms with Crippen molar-refractivity contribution in [2.24, 2.45) is 5.73 Å². The van der Waals surface area contributed by atoms with E-state index < -0.39 is 0 Å². The first-order valence-corrected chi connectivity index (χ1v) is 6.83. The van der Waals surface area contributed by atoms with Crippen LogP contribution in [0.4, 0.5) is 0 Å². The molecule has 90 valence electrons. The summed E-state index contributed by atoms with van der Waals surface area (Å²) in [4.78, 5) is 6.96. The first kappa shape index (κ1) is 12.6. The van der Waals surface area contributed by atoms with Crippen LogP contribution in [0.15, 0.2) is 30.5 Å². The Kier molecular flexibility index (Phi) is 4.15. The second-order valence-corrected chi connectivity index (χ2v) is 5.62. The summed E-state index contributed by atoms with van der Waals surface area (Å²) >= 11 is 7.62. The minimum atomic E-state index is -0.0596. The first-order chi connectivity index (χ1) is 8.19. The Morgan fingerprint density at radius 2 is 2.06 bits per heavy atom. The molecule has 1 atom stereocenters. The smallest absolute Gasteiger partial charge is 0.0589 e. The Balaban J connectivity index is 2.05. The number of thiophene rings is 1. The quantitative estimate of drug-likeness (QED) is 0.918. The largest absolute Gasteiger partial charge is 0.322 e. The van der Waals surface area contributed by atoms with Crippen molar-refractivity contribution in [2.75, 3.05) is 0 Å². The maximum Gasteiger partial charge on any atom is 0.0589 e. The van der Waals surface area contributed by atoms with Crippen LogP contribution in [0.5, 0.6) is 0 Å². The van der Waals surface area contributed by atoms with Gasteiger partial charge in [-0.25, -0.2) is 0 Å². The SMILES string of the molecule is CCc1ccc(CC(N)c2ccc(Cl)cn2)s1. The molecule has 0 spiro atoms. The summed E-state index contributed by atoms with van der Waals surface area (Å²) < 4.78 is 0. The van der Waals surface area contributed by atoms with Crippen LogP contribution in [0.25, 0.3) is 0 Å². The number of nitrogens with two attached hydrogens (primary N) is 1. The number of hydrogen-bond acceptors (Lipinski definition) is 3. The van der Waals surface area contributed by atoms with Gasteiger partial charge in [-0.2, -0.15) is 0 Å². The van der Waals surface area contributed by atoms with Gasteiger partial charge in [0.2, 0.25) is 0 Å². The molecule has 0 aliphatic rings. The Morgan fingerprint density at radius 3 is 2.65 bits per heavy atom. The number of pyridine rings is 1. The fourth-order valence-electron chi connectivity index (χ4n) is 1.65. The summed E-state index contributed by atoms with van der Waals surface area (Å²) in [6, 6.07) is 7.98. The van der Waals surface area contributed by atoms with Gasteiger partial charge in [-0.15, -0.1) is 11.3 Å². The Hall–Kier alpha value is -0.900. The molecule has 0 amide bonds. The van der Waals surface area contributed by atoms with Gasteiger partial charge in [-0.1, -0.05) is 18.5 Å². The number of aromatic nitrogens is 1. The average Bonchev–Trinajstić information content (AvgIpc) is 2.77. The summed E-state index contributed by atoms with van der Waals surface area (Å²) in [5, 5.41) is 0.644. The molecule has 0 aliphatic heterocycles. The predicted octanol–water partition coefficient (Wildman–Crippen LogP) is 3.60. The third-order valence-corrected chi connectivity index (χ3v) is 4.09. The molecule has 2 aromatic rings. The van der Waals surface area contributed by atoms with Gasteiger partial charge in [0.25, 0.3) is 0 Å². The molecular weight excluding hydrogens is 252 g/mol. The molecule has 0 saturated heterocycles. The van der Waals surface area contributed by atoms with Crippen molar-refractivity contribution in [1.29, 1.82) is 0 Å². The lowest BCUT2D eigenvalue weighted by Gasteiger charge is -2.09. The van der Waals surface area contributed by atoms with E-state index in [9.17, 15) is 0 Å². The van der Waals surface area contributed by atoms with Crippen molar-refractivity contribution >= 4 is 22.9 Å². The lowest BCUT2D eigenvalue weighted by molar-refractivity contribution is 0.704. The van der Waals surface area contributed by atoms with Crippen LogP contribution in [-0.4, -0.2) is 4.98 Å². The summed E-state index contributed by atoms with van der Waals surface area (Å²) in [6.45, 7) is 2.16. The molecule has 2 N–H and O–H groups in total. The van der Waals surface area contributed by atoms with Crippen LogP contribution in [0, 0.1) is 0 Å². The van der Waals surface area contributed by atoms with Crippen molar-refractivity contribution in [2.45, 2.75) is 25.8 Å². The van der Waals surface area contributed by atoms with Crippen molar-refractivity contribution in [1.82, 2.24) is 4.98 Å². The number of nitrogens with zero attached hydrogens (tertiary/aromatic N) is 1. The molecule has 0 saturated carbocycles. The summed E-state index contributed by atoms with van der Waals surface area (Å²) in [6.07, 6.45) is 3.56. The number of halogens is 1. The number of aryl methyl sites for hydroxylation is 1. The van der Waals surface area contributed by atoms with Gasteiger partial charge >= 0.3 is 0 Å². The topological polar surface area (TPSA) is 38.9 Å². The Bertz CT molecular complexity index is 478. The highest BCUT2D eigenvalue weighted by Gasteiger charge is 2.10. The minimum absolute atomic E-state index is 0.0596. The molecule has 1 unspecified atom stereocenters. The van der Waals surface area contributed by atoms with Crippen LogP contribution in [0.2, 0.25) is 5.02 Å². The summed E-state index contributed by atoms with van der Waals surface area (Å²) in [5.74, 6) is 0. The van der Waals surface area contributed by atoms with Crippen LogP contribution < -0.4 is 5.73 Å². The molecule has 2 rings (SSSR count). The Labute approximate surface area is 110 Å². The molecule has 0 fully saturated rings. The van der Waals surface area contributed by atoms with Crippen molar-refractivity contribution < 1.29 is 0 Å². The highest BCUT2D eigenvalue weighted by Crippen LogP contribution is 2.22. The maximum absolute atomic E-state index is 6.13. The van der Waals surface area contributed by atoms with Gasteiger partial charge in [0.1, 0.15) is 0 Å². The highest BCUT2D eigenvalue weighted by molar-refractivity contribution is 7.11. The van der Waals surface area contributed by atoms with Crippen LogP contribution in [-0.2, 0) is 12.8 Å². The van der Waals surface area contributed by atoms with Gasteiger partial charge in [-0.3, -0.25) is 4.98 Å². The standard InChI is InChI=1S/C13H15ClN2S/c1-2-10-4-5-11(17-10)7-12(15)13-6-3-9(14)8-16-13/h3-6,8,12H,2,7,15H2,1H3. The molecule has 2 aromatic heterocycles. The van der Waals surface area contributed by atoms with Gasteiger partial charge < -0.3 is 5.73 Å². The summed E-state index contributed by atoms with van der Waals surface area (Å²) in [5.41, 5.74) is 7.02. The fraction of sp³-hybridized carbons (Fsp3) is 0.308. The normalized spacial score (nSPS) is 12.6. The zero-order valence-electron chi connectivity index (χ0n) is 9.69. The molecule has 2 nitrogen and oxygen atoms in total. The number of rotatable bonds is 4. The number of hydrogen-bond donors (Lipinski definition) is 1. The highest BCUT2D eigenvalue weighted by atomic mass is 35.5. The third kappa shape index (κ3) is 3.28. The van der Waals surface area contributed by atoms with Crippen molar-refractivity contribution in [3.05, 3.63) is 50.9 Å². The molecule has 4 heteroatoms. The summed E-state index contributed by atoms with van der Waals surface area (Å²) in [7, 11) is 0. The zero-order chi connectivity index (χ0) is 12.3. The van der Waals surface area contributed by atoms with Crippen molar-refractivity contribution in [3.63, 3.8) is 0 Å². The van der Waals surface area contributed by atoms with Gasteiger partial charge in [-0.05, 0) is 30.7 Å². The Morgan fingerprint density at radius 1 is 1.29 bits per heavy atom. The van der Waals surface area contributed by atoms with E-state index in [1.54, 1.807) is 6.20 Å². The van der Waals surface area contributed by atoms with Crippen LogP contribution in [0.3, 0.4) is 0 Å². The fourth-order valence-corrected chi connectivity index (χ4v) is 2.78. The second-order valence-electron chi connectivity index (χ2n) is 3.93. The van der Waals surface area contributed by atoms with Crippen LogP contribution in [0.1, 0.15) is 28.4 Å². The first-order valence-electron chi connectivity index (χ1n) is 5.63. The second kappa shape index (κ2) is 5.63. The average molecular weight is 267 g/mol. The van der Waals surface area contributed by atoms with E-state index in [1.165, 1.54) is 9.75 Å². The minimum Gasteiger partial charge on any atom is -0.322 e. The van der Waals surface area contributed by atoms with E-state index in [0.717, 1.165) is 18.5 Å². The van der Waals surface area contributed by atoms with E-state index in [0.29, 0.717) is 5.02 Å². The zero-order valence-corrected chi connectivity index (χ0v) is 11.3. The third-order valence-electron chi connectivity index (χ3n) is 2.62. The monoisotopic (exact) mass is 266 g/mol. The molecular formula is C13H15ClN2S. The lowest BCUT2D eigenvalue weighted by atomic mass is 10.1. The molecule has 0 aromatic carbocycles.